The molecule has 0 radical (unpaired) electrons. The Balaban J connectivity index is 3.02. The molecule has 3 atom stereocenters. The first-order valence-corrected chi connectivity index (χ1v) is 8.59. The van der Waals surface area contributed by atoms with Gasteiger partial charge in [-0.3, -0.25) is 0 Å². The first kappa shape index (κ1) is 19.8. The molecule has 1 rings (SSSR count). The molecule has 0 aliphatic rings. The van der Waals surface area contributed by atoms with E-state index in [1.807, 2.05) is 39.8 Å². The summed E-state index contributed by atoms with van der Waals surface area (Å²) in [5, 5.41) is 0. The molecule has 0 fully saturated rings. The normalized spacial score (nSPS) is 15.3. The van der Waals surface area contributed by atoms with Crippen LogP contribution in [0.4, 0.5) is 0 Å². The fraction of sp³-hybridized carbons (Fsp3) is 0.684. The monoisotopic (exact) mass is 324 g/mol. The van der Waals surface area contributed by atoms with Gasteiger partial charge in [0.15, 0.2) is 24.1 Å². The van der Waals surface area contributed by atoms with Gasteiger partial charge in [0.1, 0.15) is 0 Å². The first-order chi connectivity index (χ1) is 10.9. The number of hydrogen-bond donors (Lipinski definition) is 0. The smallest absolute Gasteiger partial charge is 0.197 e. The highest BCUT2D eigenvalue weighted by molar-refractivity contribution is 5.44. The van der Waals surface area contributed by atoms with E-state index in [0.717, 1.165) is 0 Å². The third-order valence-electron chi connectivity index (χ3n) is 3.88. The predicted octanol–water partition coefficient (Wildman–Crippen LogP) is 4.97. The molecule has 4 heteroatoms. The van der Waals surface area contributed by atoms with Gasteiger partial charge in [0.25, 0.3) is 0 Å². The van der Waals surface area contributed by atoms with Gasteiger partial charge in [-0.05, 0) is 57.2 Å². The zero-order chi connectivity index (χ0) is 17.4. The third kappa shape index (κ3) is 6.40. The van der Waals surface area contributed by atoms with E-state index in [1.54, 1.807) is 0 Å². The van der Waals surface area contributed by atoms with Crippen molar-refractivity contribution in [3.63, 3.8) is 0 Å². The molecule has 0 aliphatic heterocycles. The third-order valence-corrected chi connectivity index (χ3v) is 3.88. The molecule has 0 aliphatic carbocycles. The molecule has 0 saturated heterocycles. The summed E-state index contributed by atoms with van der Waals surface area (Å²) in [4.78, 5) is 0. The Bertz CT molecular complexity index is 459. The van der Waals surface area contributed by atoms with Crippen LogP contribution in [0.1, 0.15) is 59.9 Å². The molecular formula is C19H32O4. The maximum atomic E-state index is 5.93. The van der Waals surface area contributed by atoms with Crippen LogP contribution in [-0.2, 0) is 9.47 Å². The molecule has 0 saturated carbocycles. The molecular weight excluding hydrogens is 292 g/mol. The van der Waals surface area contributed by atoms with Gasteiger partial charge >= 0.3 is 0 Å². The Morgan fingerprint density at radius 1 is 0.783 bits per heavy atom. The molecule has 3 unspecified atom stereocenters. The Morgan fingerprint density at radius 3 is 1.78 bits per heavy atom. The fourth-order valence-electron chi connectivity index (χ4n) is 2.28. The van der Waals surface area contributed by atoms with Crippen molar-refractivity contribution in [3.05, 3.63) is 23.8 Å². The minimum absolute atomic E-state index is 0.321. The van der Waals surface area contributed by atoms with E-state index in [-0.39, 0.29) is 12.6 Å². The van der Waals surface area contributed by atoms with E-state index in [1.165, 1.54) is 5.56 Å². The Morgan fingerprint density at radius 2 is 1.30 bits per heavy atom. The van der Waals surface area contributed by atoms with E-state index >= 15 is 0 Å². The second kappa shape index (κ2) is 9.78. The van der Waals surface area contributed by atoms with Crippen molar-refractivity contribution < 1.29 is 18.9 Å². The summed E-state index contributed by atoms with van der Waals surface area (Å²) in [6.07, 6.45) is -0.646. The van der Waals surface area contributed by atoms with Crippen molar-refractivity contribution in [2.24, 2.45) is 5.92 Å². The maximum Gasteiger partial charge on any atom is 0.197 e. The first-order valence-electron chi connectivity index (χ1n) is 8.59. The zero-order valence-electron chi connectivity index (χ0n) is 15.6. The molecule has 0 heterocycles. The average molecular weight is 324 g/mol. The van der Waals surface area contributed by atoms with Gasteiger partial charge in [0.05, 0.1) is 0 Å². The SMILES string of the molecule is CCOC(C)Oc1ccc(C(C)C(C)C)cc1OC(C)OCC. The topological polar surface area (TPSA) is 36.9 Å². The van der Waals surface area contributed by atoms with Gasteiger partial charge in [-0.2, -0.15) is 0 Å². The van der Waals surface area contributed by atoms with Gasteiger partial charge in [-0.15, -0.1) is 0 Å². The summed E-state index contributed by atoms with van der Waals surface area (Å²) in [6.45, 7) is 15.5. The van der Waals surface area contributed by atoms with Crippen LogP contribution in [-0.4, -0.2) is 25.8 Å². The second-order valence-electron chi connectivity index (χ2n) is 6.02. The summed E-state index contributed by atoms with van der Waals surface area (Å²) in [5.74, 6) is 2.37. The van der Waals surface area contributed by atoms with Crippen molar-refractivity contribution in [1.82, 2.24) is 0 Å². The van der Waals surface area contributed by atoms with E-state index in [0.29, 0.717) is 36.5 Å². The van der Waals surface area contributed by atoms with Gasteiger partial charge in [-0.25, -0.2) is 0 Å². The number of rotatable bonds is 10. The quantitative estimate of drug-likeness (QED) is 0.569. The summed E-state index contributed by atoms with van der Waals surface area (Å²) in [5.41, 5.74) is 1.23. The van der Waals surface area contributed by atoms with Crippen LogP contribution < -0.4 is 9.47 Å². The van der Waals surface area contributed by atoms with E-state index < -0.39 is 0 Å². The maximum absolute atomic E-state index is 5.93. The molecule has 132 valence electrons. The van der Waals surface area contributed by atoms with Crippen LogP contribution in [0.3, 0.4) is 0 Å². The standard InChI is InChI=1S/C19H32O4/c1-8-20-15(6)22-18-11-10-17(14(5)13(3)4)12-19(18)23-16(7)21-9-2/h10-16H,8-9H2,1-7H3. The number of ether oxygens (including phenoxy) is 4. The highest BCUT2D eigenvalue weighted by atomic mass is 16.7. The van der Waals surface area contributed by atoms with Crippen LogP contribution in [0.25, 0.3) is 0 Å². The Kier molecular flexibility index (Phi) is 8.42. The van der Waals surface area contributed by atoms with Gasteiger partial charge in [0.2, 0.25) is 0 Å². The summed E-state index contributed by atoms with van der Waals surface area (Å²) in [6, 6.07) is 6.10. The van der Waals surface area contributed by atoms with Crippen molar-refractivity contribution in [1.29, 1.82) is 0 Å². The second-order valence-corrected chi connectivity index (χ2v) is 6.02. The van der Waals surface area contributed by atoms with Crippen molar-refractivity contribution in [2.45, 2.75) is 67.0 Å². The Hall–Kier alpha value is -1.26. The molecule has 23 heavy (non-hydrogen) atoms. The molecule has 0 N–H and O–H groups in total. The van der Waals surface area contributed by atoms with Crippen LogP contribution in [0, 0.1) is 5.92 Å². The van der Waals surface area contributed by atoms with Crippen LogP contribution in [0.15, 0.2) is 18.2 Å². The van der Waals surface area contributed by atoms with Crippen molar-refractivity contribution >= 4 is 0 Å². The lowest BCUT2D eigenvalue weighted by Crippen LogP contribution is -2.19. The van der Waals surface area contributed by atoms with Gasteiger partial charge in [0, 0.05) is 13.2 Å². The van der Waals surface area contributed by atoms with E-state index in [9.17, 15) is 0 Å². The lowest BCUT2D eigenvalue weighted by atomic mass is 9.90. The number of hydrogen-bond acceptors (Lipinski definition) is 4. The molecule has 0 spiro atoms. The summed E-state index contributed by atoms with van der Waals surface area (Å²) in [7, 11) is 0. The molecule has 1 aromatic rings. The van der Waals surface area contributed by atoms with Gasteiger partial charge in [-0.1, -0.05) is 26.8 Å². The van der Waals surface area contributed by atoms with Crippen LogP contribution >= 0.6 is 0 Å². The lowest BCUT2D eigenvalue weighted by Gasteiger charge is -2.23. The predicted molar refractivity (Wildman–Crippen MR) is 93.1 cm³/mol. The number of benzene rings is 1. The van der Waals surface area contributed by atoms with Crippen molar-refractivity contribution in [2.75, 3.05) is 13.2 Å². The summed E-state index contributed by atoms with van der Waals surface area (Å²) >= 11 is 0. The van der Waals surface area contributed by atoms with Crippen molar-refractivity contribution in [3.8, 4) is 11.5 Å². The largest absolute Gasteiger partial charge is 0.461 e. The highest BCUT2D eigenvalue weighted by Gasteiger charge is 2.17. The molecule has 1 aromatic carbocycles. The lowest BCUT2D eigenvalue weighted by molar-refractivity contribution is -0.0766. The van der Waals surface area contributed by atoms with Crippen LogP contribution in [0.2, 0.25) is 0 Å². The molecule has 0 amide bonds. The summed E-state index contributed by atoms with van der Waals surface area (Å²) < 4.78 is 22.7. The van der Waals surface area contributed by atoms with Gasteiger partial charge < -0.3 is 18.9 Å². The average Bonchev–Trinajstić information content (AvgIpc) is 2.48. The minimum atomic E-state index is -0.325. The molecule has 0 aromatic heterocycles. The van der Waals surface area contributed by atoms with Crippen LogP contribution in [0.5, 0.6) is 11.5 Å². The molecule has 0 bridgehead atoms. The highest BCUT2D eigenvalue weighted by Crippen LogP contribution is 2.34. The van der Waals surface area contributed by atoms with E-state index in [4.69, 9.17) is 18.9 Å². The fourth-order valence-corrected chi connectivity index (χ4v) is 2.28. The molecule has 4 nitrogen and oxygen atoms in total. The minimum Gasteiger partial charge on any atom is -0.461 e. The van der Waals surface area contributed by atoms with E-state index in [2.05, 4.69) is 26.8 Å². The Labute approximate surface area is 141 Å². The zero-order valence-corrected chi connectivity index (χ0v) is 15.6.